The van der Waals surface area contributed by atoms with Crippen LogP contribution in [-0.2, 0) is 11.3 Å². The number of rotatable bonds is 4. The molecule has 0 aliphatic carbocycles. The van der Waals surface area contributed by atoms with Gasteiger partial charge in [0.2, 0.25) is 0 Å². The minimum Gasteiger partial charge on any atom is -0.377 e. The normalized spacial score (nSPS) is 21.5. The average Bonchev–Trinajstić information content (AvgIpc) is 2.61. The Morgan fingerprint density at radius 2 is 2.16 bits per heavy atom. The van der Waals surface area contributed by atoms with Gasteiger partial charge in [0.05, 0.1) is 17.7 Å². The van der Waals surface area contributed by atoms with Gasteiger partial charge in [0, 0.05) is 32.7 Å². The van der Waals surface area contributed by atoms with Gasteiger partial charge >= 0.3 is 0 Å². The Balaban J connectivity index is 1.88. The second-order valence-electron chi connectivity index (χ2n) is 7.68. The lowest BCUT2D eigenvalue weighted by Gasteiger charge is -2.40. The average molecular weight is 342 g/mol. The third-order valence-electron chi connectivity index (χ3n) is 4.57. The molecule has 0 amide bonds. The first-order chi connectivity index (χ1) is 11.9. The van der Waals surface area contributed by atoms with Gasteiger partial charge in [0.1, 0.15) is 0 Å². The van der Waals surface area contributed by atoms with Crippen LogP contribution in [0.4, 0.5) is 0 Å². The van der Waals surface area contributed by atoms with Crippen molar-refractivity contribution in [3.05, 3.63) is 35.4 Å². The second kappa shape index (κ2) is 8.87. The van der Waals surface area contributed by atoms with Crippen molar-refractivity contribution in [2.24, 2.45) is 16.3 Å². The fourth-order valence-corrected chi connectivity index (χ4v) is 3.39. The summed E-state index contributed by atoms with van der Waals surface area (Å²) in [4.78, 5) is 4.31. The quantitative estimate of drug-likeness (QED) is 0.652. The lowest BCUT2D eigenvalue weighted by Crippen LogP contribution is -2.47. The third-order valence-corrected chi connectivity index (χ3v) is 4.57. The van der Waals surface area contributed by atoms with Crippen LogP contribution in [0.3, 0.4) is 0 Å². The minimum absolute atomic E-state index is 0.140. The van der Waals surface area contributed by atoms with Crippen LogP contribution in [0.1, 0.15) is 44.7 Å². The maximum absolute atomic E-state index is 8.99. The Hall–Kier alpha value is -2.06. The van der Waals surface area contributed by atoms with Gasteiger partial charge < -0.3 is 15.4 Å². The number of nitrogens with zero attached hydrogens (tertiary/aromatic N) is 2. The summed E-state index contributed by atoms with van der Waals surface area (Å²) in [6.07, 6.45) is 2.56. The molecule has 2 atom stereocenters. The SMILES string of the molecule is CN=C(NCc1cccc(C#N)c1)NCC1CCCOC1C(C)(C)C. The van der Waals surface area contributed by atoms with Gasteiger partial charge in [0.25, 0.3) is 0 Å². The first kappa shape index (κ1) is 19.3. The van der Waals surface area contributed by atoms with Crippen LogP contribution in [0.2, 0.25) is 0 Å². The zero-order valence-corrected chi connectivity index (χ0v) is 15.8. The number of benzene rings is 1. The highest BCUT2D eigenvalue weighted by atomic mass is 16.5. The predicted molar refractivity (Wildman–Crippen MR) is 101 cm³/mol. The summed E-state index contributed by atoms with van der Waals surface area (Å²) in [6, 6.07) is 9.78. The molecule has 5 heteroatoms. The Morgan fingerprint density at radius 3 is 2.84 bits per heavy atom. The van der Waals surface area contributed by atoms with E-state index < -0.39 is 0 Å². The molecule has 1 heterocycles. The van der Waals surface area contributed by atoms with Crippen LogP contribution < -0.4 is 10.6 Å². The molecule has 1 aromatic carbocycles. The van der Waals surface area contributed by atoms with Crippen LogP contribution in [0.25, 0.3) is 0 Å². The number of guanidine groups is 1. The number of nitrogens with one attached hydrogen (secondary N) is 2. The number of hydrogen-bond donors (Lipinski definition) is 2. The Bertz CT molecular complexity index is 627. The Kier molecular flexibility index (Phi) is 6.83. The molecule has 2 rings (SSSR count). The maximum atomic E-state index is 8.99. The van der Waals surface area contributed by atoms with E-state index in [1.54, 1.807) is 7.05 Å². The topological polar surface area (TPSA) is 69.4 Å². The molecule has 1 fully saturated rings. The van der Waals surface area contributed by atoms with E-state index in [2.05, 4.69) is 42.5 Å². The molecule has 25 heavy (non-hydrogen) atoms. The zero-order valence-electron chi connectivity index (χ0n) is 15.8. The lowest BCUT2D eigenvalue weighted by molar-refractivity contribution is -0.0835. The van der Waals surface area contributed by atoms with Gasteiger partial charge in [-0.1, -0.05) is 32.9 Å². The van der Waals surface area contributed by atoms with Crippen molar-refractivity contribution >= 4 is 5.96 Å². The fourth-order valence-electron chi connectivity index (χ4n) is 3.39. The standard InChI is InChI=1S/C20H30N4O/c1-20(2,3)18-17(9-6-10-25-18)14-24-19(22-4)23-13-16-8-5-7-15(11-16)12-21/h5,7-8,11,17-18H,6,9-10,13-14H2,1-4H3,(H2,22,23,24). The molecule has 1 aromatic rings. The van der Waals surface area contributed by atoms with E-state index in [4.69, 9.17) is 10.00 Å². The molecule has 0 saturated carbocycles. The van der Waals surface area contributed by atoms with E-state index in [1.807, 2.05) is 24.3 Å². The molecule has 0 radical (unpaired) electrons. The number of hydrogen-bond acceptors (Lipinski definition) is 3. The van der Waals surface area contributed by atoms with Crippen LogP contribution >= 0.6 is 0 Å². The van der Waals surface area contributed by atoms with Gasteiger partial charge in [-0.05, 0) is 36.0 Å². The van der Waals surface area contributed by atoms with E-state index in [0.717, 1.165) is 31.1 Å². The summed E-state index contributed by atoms with van der Waals surface area (Å²) in [5, 5.41) is 15.7. The summed E-state index contributed by atoms with van der Waals surface area (Å²) >= 11 is 0. The van der Waals surface area contributed by atoms with Crippen molar-refractivity contribution in [3.63, 3.8) is 0 Å². The molecule has 136 valence electrons. The highest BCUT2D eigenvalue weighted by molar-refractivity contribution is 5.79. The molecule has 5 nitrogen and oxygen atoms in total. The molecule has 2 unspecified atom stereocenters. The first-order valence-electron chi connectivity index (χ1n) is 8.99. The highest BCUT2D eigenvalue weighted by Gasteiger charge is 2.35. The number of nitriles is 1. The Morgan fingerprint density at radius 1 is 1.36 bits per heavy atom. The van der Waals surface area contributed by atoms with Gasteiger partial charge in [-0.15, -0.1) is 0 Å². The summed E-state index contributed by atoms with van der Waals surface area (Å²) < 4.78 is 6.04. The molecule has 1 aliphatic rings. The summed E-state index contributed by atoms with van der Waals surface area (Å²) in [7, 11) is 1.78. The van der Waals surface area contributed by atoms with Crippen LogP contribution in [0.15, 0.2) is 29.3 Å². The third kappa shape index (κ3) is 5.75. The first-order valence-corrected chi connectivity index (χ1v) is 8.99. The lowest BCUT2D eigenvalue weighted by atomic mass is 9.78. The molecule has 1 aliphatic heterocycles. The van der Waals surface area contributed by atoms with Crippen LogP contribution in [-0.4, -0.2) is 32.3 Å². The Labute approximate surface area is 151 Å². The van der Waals surface area contributed by atoms with Crippen LogP contribution in [0.5, 0.6) is 0 Å². The van der Waals surface area contributed by atoms with Gasteiger partial charge in [0.15, 0.2) is 5.96 Å². The smallest absolute Gasteiger partial charge is 0.191 e. The number of ether oxygens (including phenoxy) is 1. The van der Waals surface area contributed by atoms with Crippen molar-refractivity contribution < 1.29 is 4.74 Å². The van der Waals surface area contributed by atoms with E-state index in [9.17, 15) is 0 Å². The molecule has 1 saturated heterocycles. The van der Waals surface area contributed by atoms with Gasteiger partial charge in [-0.3, -0.25) is 4.99 Å². The van der Waals surface area contributed by atoms with E-state index >= 15 is 0 Å². The maximum Gasteiger partial charge on any atom is 0.191 e. The summed E-state index contributed by atoms with van der Waals surface area (Å²) in [5.74, 6) is 1.26. The van der Waals surface area contributed by atoms with E-state index in [0.29, 0.717) is 18.0 Å². The fraction of sp³-hybridized carbons (Fsp3) is 0.600. The van der Waals surface area contributed by atoms with Gasteiger partial charge in [-0.25, -0.2) is 0 Å². The molecule has 0 bridgehead atoms. The molecular formula is C20H30N4O. The second-order valence-corrected chi connectivity index (χ2v) is 7.68. The minimum atomic E-state index is 0.140. The van der Waals surface area contributed by atoms with Crippen molar-refractivity contribution in [1.29, 1.82) is 5.26 Å². The molecular weight excluding hydrogens is 312 g/mol. The van der Waals surface area contributed by atoms with E-state index in [1.165, 1.54) is 6.42 Å². The van der Waals surface area contributed by atoms with E-state index in [-0.39, 0.29) is 11.5 Å². The molecule has 0 spiro atoms. The van der Waals surface area contributed by atoms with Crippen molar-refractivity contribution in [2.45, 2.75) is 46.3 Å². The summed E-state index contributed by atoms with van der Waals surface area (Å²) in [5.41, 5.74) is 1.88. The van der Waals surface area contributed by atoms with Crippen LogP contribution in [0, 0.1) is 22.7 Å². The number of aliphatic imine (C=N–C) groups is 1. The molecule has 0 aromatic heterocycles. The van der Waals surface area contributed by atoms with Crippen molar-refractivity contribution in [2.75, 3.05) is 20.2 Å². The van der Waals surface area contributed by atoms with Crippen molar-refractivity contribution in [1.82, 2.24) is 10.6 Å². The largest absolute Gasteiger partial charge is 0.377 e. The van der Waals surface area contributed by atoms with Crippen molar-refractivity contribution in [3.8, 4) is 6.07 Å². The summed E-state index contributed by atoms with van der Waals surface area (Å²) in [6.45, 7) is 9.07. The van der Waals surface area contributed by atoms with Gasteiger partial charge in [-0.2, -0.15) is 5.26 Å². The monoisotopic (exact) mass is 342 g/mol. The molecule has 2 N–H and O–H groups in total. The predicted octanol–water partition coefficient (Wildman–Crippen LogP) is 3.06. The highest BCUT2D eigenvalue weighted by Crippen LogP contribution is 2.33. The zero-order chi connectivity index (χ0) is 18.3.